The zero-order valence-electron chi connectivity index (χ0n) is 11.1. The van der Waals surface area contributed by atoms with E-state index in [0.29, 0.717) is 12.5 Å². The van der Waals surface area contributed by atoms with E-state index in [0.717, 1.165) is 17.9 Å². The maximum absolute atomic E-state index is 10.2. The van der Waals surface area contributed by atoms with Crippen LogP contribution < -0.4 is 10.6 Å². The summed E-state index contributed by atoms with van der Waals surface area (Å²) < 4.78 is 0. The standard InChI is InChI=1S/C13H23N3O/c1-10(2)8-13(3,17)9-16-11-5-6-15-12(7-11)14-4/h5-7,10,17H,8-9H2,1-4H3,(H2,14,15,16). The Hall–Kier alpha value is -1.29. The van der Waals surface area contributed by atoms with Gasteiger partial charge in [0.15, 0.2) is 0 Å². The summed E-state index contributed by atoms with van der Waals surface area (Å²) in [4.78, 5) is 4.14. The molecule has 1 aromatic heterocycles. The number of rotatable bonds is 6. The molecule has 0 radical (unpaired) electrons. The molecule has 3 N–H and O–H groups in total. The van der Waals surface area contributed by atoms with Crippen molar-refractivity contribution in [3.63, 3.8) is 0 Å². The van der Waals surface area contributed by atoms with E-state index in [1.54, 1.807) is 6.20 Å². The molecule has 0 aliphatic carbocycles. The topological polar surface area (TPSA) is 57.2 Å². The average molecular weight is 237 g/mol. The number of aromatic nitrogens is 1. The van der Waals surface area contributed by atoms with Gasteiger partial charge in [-0.05, 0) is 25.3 Å². The van der Waals surface area contributed by atoms with Crippen LogP contribution in [0.25, 0.3) is 0 Å². The number of aliphatic hydroxyl groups is 1. The lowest BCUT2D eigenvalue weighted by atomic mass is 9.94. The number of anilines is 2. The quantitative estimate of drug-likeness (QED) is 0.711. The number of hydrogen-bond donors (Lipinski definition) is 3. The van der Waals surface area contributed by atoms with Gasteiger partial charge in [-0.3, -0.25) is 0 Å². The van der Waals surface area contributed by atoms with E-state index in [9.17, 15) is 5.11 Å². The Bertz CT molecular complexity index is 350. The summed E-state index contributed by atoms with van der Waals surface area (Å²) in [6.07, 6.45) is 2.52. The van der Waals surface area contributed by atoms with E-state index in [1.165, 1.54) is 0 Å². The van der Waals surface area contributed by atoms with Crippen LogP contribution in [-0.4, -0.2) is 29.3 Å². The van der Waals surface area contributed by atoms with Crippen LogP contribution in [0.2, 0.25) is 0 Å². The highest BCUT2D eigenvalue weighted by atomic mass is 16.3. The predicted molar refractivity (Wildman–Crippen MR) is 72.4 cm³/mol. The molecule has 4 heteroatoms. The Labute approximate surface area is 103 Å². The smallest absolute Gasteiger partial charge is 0.127 e. The third-order valence-corrected chi connectivity index (χ3v) is 2.54. The highest BCUT2D eigenvalue weighted by Gasteiger charge is 2.21. The molecule has 96 valence electrons. The lowest BCUT2D eigenvalue weighted by molar-refractivity contribution is 0.0515. The molecule has 0 amide bonds. The Morgan fingerprint density at radius 3 is 2.76 bits per heavy atom. The minimum atomic E-state index is -0.683. The fourth-order valence-corrected chi connectivity index (χ4v) is 1.92. The van der Waals surface area contributed by atoms with Crippen molar-refractivity contribution in [1.29, 1.82) is 0 Å². The fourth-order valence-electron chi connectivity index (χ4n) is 1.92. The van der Waals surface area contributed by atoms with Crippen LogP contribution in [0.4, 0.5) is 11.5 Å². The molecule has 0 aliphatic heterocycles. The van der Waals surface area contributed by atoms with Gasteiger partial charge in [0.05, 0.1) is 5.60 Å². The molecule has 0 saturated carbocycles. The van der Waals surface area contributed by atoms with Crippen LogP contribution in [0.5, 0.6) is 0 Å². The summed E-state index contributed by atoms with van der Waals surface area (Å²) in [6, 6.07) is 3.82. The van der Waals surface area contributed by atoms with Gasteiger partial charge in [0.25, 0.3) is 0 Å². The fraction of sp³-hybridized carbons (Fsp3) is 0.615. The highest BCUT2D eigenvalue weighted by molar-refractivity contribution is 5.51. The molecule has 1 heterocycles. The van der Waals surface area contributed by atoms with E-state index in [4.69, 9.17) is 0 Å². The normalized spacial score (nSPS) is 14.5. The van der Waals surface area contributed by atoms with E-state index in [-0.39, 0.29) is 0 Å². The van der Waals surface area contributed by atoms with Crippen molar-refractivity contribution in [3.8, 4) is 0 Å². The first kappa shape index (κ1) is 13.8. The lowest BCUT2D eigenvalue weighted by Crippen LogP contribution is -2.34. The van der Waals surface area contributed by atoms with Gasteiger partial charge < -0.3 is 15.7 Å². The number of nitrogens with zero attached hydrogens (tertiary/aromatic N) is 1. The molecule has 0 bridgehead atoms. The molecule has 0 aliphatic rings. The average Bonchev–Trinajstić information content (AvgIpc) is 2.25. The predicted octanol–water partition coefficient (Wildman–Crippen LogP) is 2.33. The number of nitrogens with one attached hydrogen (secondary N) is 2. The summed E-state index contributed by atoms with van der Waals surface area (Å²) in [5.74, 6) is 1.30. The zero-order chi connectivity index (χ0) is 12.9. The van der Waals surface area contributed by atoms with Gasteiger partial charge in [-0.15, -0.1) is 0 Å². The Morgan fingerprint density at radius 2 is 2.18 bits per heavy atom. The molecule has 1 unspecified atom stereocenters. The third kappa shape index (κ3) is 5.04. The molecule has 1 rings (SSSR count). The molecule has 0 spiro atoms. The lowest BCUT2D eigenvalue weighted by Gasteiger charge is -2.26. The van der Waals surface area contributed by atoms with Crippen LogP contribution in [0.15, 0.2) is 18.3 Å². The molecule has 1 aromatic rings. The van der Waals surface area contributed by atoms with Crippen LogP contribution in [-0.2, 0) is 0 Å². The van der Waals surface area contributed by atoms with Gasteiger partial charge >= 0.3 is 0 Å². The molecule has 4 nitrogen and oxygen atoms in total. The second-order valence-corrected chi connectivity index (χ2v) is 5.13. The van der Waals surface area contributed by atoms with Crippen LogP contribution >= 0.6 is 0 Å². The Morgan fingerprint density at radius 1 is 1.47 bits per heavy atom. The molecule has 17 heavy (non-hydrogen) atoms. The molecule has 0 saturated heterocycles. The van der Waals surface area contributed by atoms with Crippen molar-refractivity contribution in [2.75, 3.05) is 24.2 Å². The van der Waals surface area contributed by atoms with Gasteiger partial charge in [0.2, 0.25) is 0 Å². The van der Waals surface area contributed by atoms with Gasteiger partial charge in [-0.2, -0.15) is 0 Å². The maximum Gasteiger partial charge on any atom is 0.127 e. The largest absolute Gasteiger partial charge is 0.388 e. The first-order valence-corrected chi connectivity index (χ1v) is 6.03. The van der Waals surface area contributed by atoms with Crippen molar-refractivity contribution in [1.82, 2.24) is 4.98 Å². The van der Waals surface area contributed by atoms with E-state index in [1.807, 2.05) is 26.1 Å². The molecular weight excluding hydrogens is 214 g/mol. The van der Waals surface area contributed by atoms with Crippen LogP contribution in [0.1, 0.15) is 27.2 Å². The first-order valence-electron chi connectivity index (χ1n) is 6.03. The zero-order valence-corrected chi connectivity index (χ0v) is 11.1. The summed E-state index contributed by atoms with van der Waals surface area (Å²) in [7, 11) is 1.83. The Balaban J connectivity index is 2.54. The molecule has 0 aromatic carbocycles. The number of hydrogen-bond acceptors (Lipinski definition) is 4. The van der Waals surface area contributed by atoms with Crippen molar-refractivity contribution >= 4 is 11.5 Å². The van der Waals surface area contributed by atoms with E-state index >= 15 is 0 Å². The first-order chi connectivity index (χ1) is 7.93. The van der Waals surface area contributed by atoms with Gasteiger partial charge in [-0.25, -0.2) is 4.98 Å². The second kappa shape index (κ2) is 5.87. The Kier molecular flexibility index (Phi) is 4.75. The molecular formula is C13H23N3O. The second-order valence-electron chi connectivity index (χ2n) is 5.13. The van der Waals surface area contributed by atoms with E-state index in [2.05, 4.69) is 29.5 Å². The SMILES string of the molecule is CNc1cc(NCC(C)(O)CC(C)C)ccn1. The molecule has 0 fully saturated rings. The molecule has 1 atom stereocenters. The van der Waals surface area contributed by atoms with Crippen LogP contribution in [0, 0.1) is 5.92 Å². The summed E-state index contributed by atoms with van der Waals surface area (Å²) in [5, 5.41) is 16.4. The van der Waals surface area contributed by atoms with Crippen molar-refractivity contribution < 1.29 is 5.11 Å². The van der Waals surface area contributed by atoms with Crippen LogP contribution in [0.3, 0.4) is 0 Å². The number of pyridine rings is 1. The summed E-state index contributed by atoms with van der Waals surface area (Å²) in [5.41, 5.74) is 0.283. The monoisotopic (exact) mass is 237 g/mol. The minimum Gasteiger partial charge on any atom is -0.388 e. The summed E-state index contributed by atoms with van der Waals surface area (Å²) >= 11 is 0. The minimum absolute atomic E-state index is 0.483. The van der Waals surface area contributed by atoms with Gasteiger partial charge in [0.1, 0.15) is 5.82 Å². The van der Waals surface area contributed by atoms with Crippen molar-refractivity contribution in [2.45, 2.75) is 32.8 Å². The third-order valence-electron chi connectivity index (χ3n) is 2.54. The van der Waals surface area contributed by atoms with E-state index < -0.39 is 5.60 Å². The highest BCUT2D eigenvalue weighted by Crippen LogP contribution is 2.18. The van der Waals surface area contributed by atoms with Gasteiger partial charge in [-0.1, -0.05) is 13.8 Å². The summed E-state index contributed by atoms with van der Waals surface area (Å²) in [6.45, 7) is 6.62. The van der Waals surface area contributed by atoms with Crippen molar-refractivity contribution in [3.05, 3.63) is 18.3 Å². The van der Waals surface area contributed by atoms with Gasteiger partial charge in [0, 0.05) is 31.5 Å². The van der Waals surface area contributed by atoms with Crippen molar-refractivity contribution in [2.24, 2.45) is 5.92 Å². The maximum atomic E-state index is 10.2.